The largest absolute Gasteiger partial charge is 0.444 e. The van der Waals surface area contributed by atoms with E-state index in [-0.39, 0.29) is 6.09 Å². The first-order chi connectivity index (χ1) is 10.4. The Hall–Kier alpha value is -1.56. The molecule has 0 N–H and O–H groups in total. The molecule has 0 bridgehead atoms. The fourth-order valence-corrected chi connectivity index (χ4v) is 3.08. The van der Waals surface area contributed by atoms with Gasteiger partial charge in [-0.15, -0.1) is 0 Å². The van der Waals surface area contributed by atoms with Crippen LogP contribution >= 0.6 is 0 Å². The zero-order valence-electron chi connectivity index (χ0n) is 13.7. The van der Waals surface area contributed by atoms with E-state index in [1.54, 1.807) is 4.90 Å². The van der Waals surface area contributed by atoms with Crippen molar-refractivity contribution in [1.29, 1.82) is 0 Å². The van der Waals surface area contributed by atoms with Gasteiger partial charge in [-0.25, -0.2) is 4.79 Å². The second kappa shape index (κ2) is 5.91. The van der Waals surface area contributed by atoms with Crippen molar-refractivity contribution < 1.29 is 14.3 Å². The number of carbonyl (C=O) groups is 1. The van der Waals surface area contributed by atoms with Gasteiger partial charge in [-0.2, -0.15) is 5.10 Å². The Morgan fingerprint density at radius 2 is 2.09 bits per heavy atom. The summed E-state index contributed by atoms with van der Waals surface area (Å²) in [5.74, 6) is 0. The SMILES string of the molecule is CC(C)(C)OC(=O)N1CCc2c(cnn2C2CCOCC2)C1. The minimum absolute atomic E-state index is 0.239. The van der Waals surface area contributed by atoms with E-state index in [4.69, 9.17) is 9.47 Å². The van der Waals surface area contributed by atoms with Gasteiger partial charge in [0.05, 0.1) is 18.8 Å². The molecule has 0 unspecified atom stereocenters. The molecular formula is C16H25N3O3. The molecule has 1 amide bonds. The molecule has 0 radical (unpaired) electrons. The van der Waals surface area contributed by atoms with Crippen LogP contribution in [0.5, 0.6) is 0 Å². The second-order valence-electron chi connectivity index (χ2n) is 7.06. The van der Waals surface area contributed by atoms with Crippen LogP contribution in [0, 0.1) is 0 Å². The van der Waals surface area contributed by atoms with Crippen molar-refractivity contribution in [3.05, 3.63) is 17.5 Å². The maximum Gasteiger partial charge on any atom is 0.410 e. The molecule has 3 rings (SSSR count). The zero-order chi connectivity index (χ0) is 15.7. The Morgan fingerprint density at radius 3 is 2.77 bits per heavy atom. The molecular weight excluding hydrogens is 282 g/mol. The number of rotatable bonds is 1. The third-order valence-electron chi connectivity index (χ3n) is 4.15. The molecule has 0 atom stereocenters. The molecule has 22 heavy (non-hydrogen) atoms. The lowest BCUT2D eigenvalue weighted by Crippen LogP contribution is -2.40. The summed E-state index contributed by atoms with van der Waals surface area (Å²) in [6, 6.07) is 0.436. The highest BCUT2D eigenvalue weighted by atomic mass is 16.6. The summed E-state index contributed by atoms with van der Waals surface area (Å²) in [6.45, 7) is 8.58. The number of carbonyl (C=O) groups excluding carboxylic acids is 1. The molecule has 122 valence electrons. The van der Waals surface area contributed by atoms with Gasteiger partial charge in [-0.05, 0) is 33.6 Å². The lowest BCUT2D eigenvalue weighted by Gasteiger charge is -2.31. The Bertz CT molecular complexity index is 541. The highest BCUT2D eigenvalue weighted by molar-refractivity contribution is 5.68. The van der Waals surface area contributed by atoms with Gasteiger partial charge in [0, 0.05) is 37.4 Å². The van der Waals surface area contributed by atoms with Crippen LogP contribution in [-0.4, -0.2) is 46.1 Å². The number of nitrogens with zero attached hydrogens (tertiary/aromatic N) is 3. The summed E-state index contributed by atoms with van der Waals surface area (Å²) in [4.78, 5) is 14.0. The van der Waals surface area contributed by atoms with Gasteiger partial charge < -0.3 is 14.4 Å². The van der Waals surface area contributed by atoms with Crippen molar-refractivity contribution in [3.8, 4) is 0 Å². The average molecular weight is 307 g/mol. The van der Waals surface area contributed by atoms with E-state index in [9.17, 15) is 4.79 Å². The van der Waals surface area contributed by atoms with E-state index >= 15 is 0 Å². The molecule has 2 aliphatic rings. The van der Waals surface area contributed by atoms with Crippen LogP contribution in [0.25, 0.3) is 0 Å². The minimum Gasteiger partial charge on any atom is -0.444 e. The first-order valence-corrected chi connectivity index (χ1v) is 8.05. The van der Waals surface area contributed by atoms with Crippen LogP contribution in [0.1, 0.15) is 50.9 Å². The Kier molecular flexibility index (Phi) is 4.12. The van der Waals surface area contributed by atoms with Crippen molar-refractivity contribution in [2.75, 3.05) is 19.8 Å². The lowest BCUT2D eigenvalue weighted by atomic mass is 10.1. The molecule has 6 nitrogen and oxygen atoms in total. The number of amides is 1. The number of fused-ring (bicyclic) bond motifs is 1. The third-order valence-corrected chi connectivity index (χ3v) is 4.15. The fraction of sp³-hybridized carbons (Fsp3) is 0.750. The van der Waals surface area contributed by atoms with E-state index in [1.165, 1.54) is 5.69 Å². The first-order valence-electron chi connectivity index (χ1n) is 8.05. The predicted octanol–water partition coefficient (Wildman–Crippen LogP) is 2.53. The summed E-state index contributed by atoms with van der Waals surface area (Å²) in [7, 11) is 0. The summed E-state index contributed by atoms with van der Waals surface area (Å²) < 4.78 is 13.0. The standard InChI is InChI=1S/C16H25N3O3/c1-16(2,3)22-15(20)18-7-4-14-12(11-18)10-17-19(14)13-5-8-21-9-6-13/h10,13H,4-9,11H2,1-3H3. The van der Waals surface area contributed by atoms with Crippen molar-refractivity contribution in [2.45, 2.75) is 58.2 Å². The van der Waals surface area contributed by atoms with E-state index in [0.717, 1.165) is 38.0 Å². The van der Waals surface area contributed by atoms with E-state index in [2.05, 4.69) is 9.78 Å². The molecule has 0 aromatic carbocycles. The monoisotopic (exact) mass is 307 g/mol. The van der Waals surface area contributed by atoms with Gasteiger partial charge >= 0.3 is 6.09 Å². The minimum atomic E-state index is -0.455. The van der Waals surface area contributed by atoms with Crippen LogP contribution in [0.4, 0.5) is 4.79 Å². The van der Waals surface area contributed by atoms with Gasteiger partial charge in [0.25, 0.3) is 0 Å². The molecule has 0 spiro atoms. The van der Waals surface area contributed by atoms with Crippen molar-refractivity contribution in [3.63, 3.8) is 0 Å². The van der Waals surface area contributed by atoms with Crippen LogP contribution in [-0.2, 0) is 22.4 Å². The van der Waals surface area contributed by atoms with Gasteiger partial charge in [0.15, 0.2) is 0 Å². The van der Waals surface area contributed by atoms with Crippen LogP contribution in [0.2, 0.25) is 0 Å². The Balaban J connectivity index is 1.69. The van der Waals surface area contributed by atoms with Crippen molar-refractivity contribution in [2.24, 2.45) is 0 Å². The van der Waals surface area contributed by atoms with Gasteiger partial charge in [0.1, 0.15) is 5.60 Å². The summed E-state index contributed by atoms with van der Waals surface area (Å²) in [5, 5.41) is 4.57. The van der Waals surface area contributed by atoms with E-state index < -0.39 is 5.60 Å². The third kappa shape index (κ3) is 3.27. The van der Waals surface area contributed by atoms with Gasteiger partial charge in [-0.1, -0.05) is 0 Å². The summed E-state index contributed by atoms with van der Waals surface area (Å²) in [5.41, 5.74) is 1.96. The number of aromatic nitrogens is 2. The smallest absolute Gasteiger partial charge is 0.410 e. The summed E-state index contributed by atoms with van der Waals surface area (Å²) in [6.07, 6.45) is 4.54. The highest BCUT2D eigenvalue weighted by Crippen LogP contribution is 2.27. The lowest BCUT2D eigenvalue weighted by molar-refractivity contribution is 0.0220. The topological polar surface area (TPSA) is 56.6 Å². The van der Waals surface area contributed by atoms with E-state index in [1.807, 2.05) is 27.0 Å². The number of hydrogen-bond donors (Lipinski definition) is 0. The van der Waals surface area contributed by atoms with Crippen LogP contribution in [0.3, 0.4) is 0 Å². The molecule has 1 aromatic rings. The van der Waals surface area contributed by atoms with Crippen molar-refractivity contribution in [1.82, 2.24) is 14.7 Å². The van der Waals surface area contributed by atoms with Gasteiger partial charge in [-0.3, -0.25) is 4.68 Å². The fourth-order valence-electron chi connectivity index (χ4n) is 3.08. The molecule has 1 fully saturated rings. The first kappa shape index (κ1) is 15.3. The molecule has 6 heteroatoms. The molecule has 0 aliphatic carbocycles. The normalized spacial score (nSPS) is 19.9. The highest BCUT2D eigenvalue weighted by Gasteiger charge is 2.29. The maximum absolute atomic E-state index is 12.2. The van der Waals surface area contributed by atoms with Crippen molar-refractivity contribution >= 4 is 6.09 Å². The number of ether oxygens (including phenoxy) is 2. The molecule has 3 heterocycles. The van der Waals surface area contributed by atoms with Crippen LogP contribution in [0.15, 0.2) is 6.20 Å². The number of hydrogen-bond acceptors (Lipinski definition) is 4. The maximum atomic E-state index is 12.2. The molecule has 2 aliphatic heterocycles. The predicted molar refractivity (Wildman–Crippen MR) is 81.7 cm³/mol. The second-order valence-corrected chi connectivity index (χ2v) is 7.06. The Labute approximate surface area is 131 Å². The van der Waals surface area contributed by atoms with E-state index in [0.29, 0.717) is 19.1 Å². The molecule has 0 saturated carbocycles. The quantitative estimate of drug-likeness (QED) is 0.800. The van der Waals surface area contributed by atoms with Crippen LogP contribution < -0.4 is 0 Å². The summed E-state index contributed by atoms with van der Waals surface area (Å²) >= 11 is 0. The zero-order valence-corrected chi connectivity index (χ0v) is 13.7. The molecule has 1 saturated heterocycles. The average Bonchev–Trinajstić information content (AvgIpc) is 2.89. The van der Waals surface area contributed by atoms with Gasteiger partial charge in [0.2, 0.25) is 0 Å². The Morgan fingerprint density at radius 1 is 1.36 bits per heavy atom. The molecule has 1 aromatic heterocycles.